The molecule has 5 aliphatic rings. The van der Waals surface area contributed by atoms with Gasteiger partial charge in [0.15, 0.2) is 0 Å². The van der Waals surface area contributed by atoms with Crippen LogP contribution >= 0.6 is 0 Å². The molecule has 1 fully saturated rings. The number of nitrogens with two attached hydrogens (primary N) is 1. The first-order chi connectivity index (χ1) is 29.0. The first-order valence-electron chi connectivity index (χ1n) is 21.2. The fourth-order valence-electron chi connectivity index (χ4n) is 11.9. The zero-order valence-electron chi connectivity index (χ0n) is 36.9. The summed E-state index contributed by atoms with van der Waals surface area (Å²) in [6.07, 6.45) is -3.07. The predicted octanol–water partition coefficient (Wildman–Crippen LogP) is -4.45. The van der Waals surface area contributed by atoms with Gasteiger partial charge in [0, 0.05) is 116 Å². The number of rotatable bonds is 18. The second-order valence-electron chi connectivity index (χ2n) is 19.5. The van der Waals surface area contributed by atoms with E-state index in [0.717, 1.165) is 0 Å². The van der Waals surface area contributed by atoms with Crippen LogP contribution in [-0.4, -0.2) is 70.5 Å². The Morgan fingerprint density at radius 3 is 1.63 bits per heavy atom. The van der Waals surface area contributed by atoms with Gasteiger partial charge in [-0.1, -0.05) is 34.6 Å². The van der Waals surface area contributed by atoms with Crippen LogP contribution < -0.4 is 41.1 Å². The lowest BCUT2D eigenvalue weighted by molar-refractivity contribution is -0.680. The van der Waals surface area contributed by atoms with Crippen molar-refractivity contribution in [1.82, 2.24) is 0 Å². The summed E-state index contributed by atoms with van der Waals surface area (Å²) < 4.78 is 0. The standard InChI is InChI=1S/C45H60N4O14/c1-21-36-24(10-13-30(52)53)41(3,4)28(47-36)18-27-23(9-12-29(50)51)43(6,19-34(60)61)39(46-27)22(2)37-25(11-14-31(54)55)44(7,20-35(62)63)45(8,49-37)40-26(17-33(58)59)42(5,38(21)48-40)16-15-32(56)57/h18,23-26,40,49H,9-17,19-20H2,1-8H3,(H,50,51)(H,52,53)(H,54,55)(H,56,57)(H,58,59)(H,60,61)(H,62,63)/p-6/b27-18-,36-21-,37-22-/t23-,24-,25-,26+,40-,42-,43+,44+,45+/m1/s1. The molecule has 5 heterocycles. The second kappa shape index (κ2) is 17.2. The van der Waals surface area contributed by atoms with Gasteiger partial charge in [-0.25, -0.2) is 0 Å². The smallest absolute Gasteiger partial charge is 0.127 e. The molecular formula is C45H54N4O14-6. The van der Waals surface area contributed by atoms with Crippen LogP contribution in [-0.2, 0) is 33.6 Å². The number of hydrogen-bond donors (Lipinski definition) is 1. The molecule has 0 aromatic heterocycles. The van der Waals surface area contributed by atoms with E-state index in [0.29, 0.717) is 28.3 Å². The van der Waals surface area contributed by atoms with Crippen molar-refractivity contribution >= 4 is 58.9 Å². The Bertz CT molecular complexity index is 2220. The summed E-state index contributed by atoms with van der Waals surface area (Å²) in [4.78, 5) is 102. The van der Waals surface area contributed by atoms with Crippen molar-refractivity contribution in [2.75, 3.05) is 0 Å². The minimum absolute atomic E-state index is 0.0152. The maximum Gasteiger partial charge on any atom is 0.127 e. The fourth-order valence-corrected chi connectivity index (χ4v) is 11.9. The Morgan fingerprint density at radius 2 is 1.13 bits per heavy atom. The van der Waals surface area contributed by atoms with Crippen LogP contribution in [0.4, 0.5) is 0 Å². The number of carboxylic acid groups (broad SMARTS) is 7. The number of hydrogen-bond acceptors (Lipinski definition) is 17. The number of carbonyl (C=O) groups excluding carboxylic acids is 7. The molecule has 344 valence electrons. The molecule has 0 radical (unpaired) electrons. The van der Waals surface area contributed by atoms with Crippen LogP contribution in [0.2, 0.25) is 0 Å². The Morgan fingerprint density at radius 1 is 0.603 bits per heavy atom. The lowest BCUT2D eigenvalue weighted by Gasteiger charge is -2.46. The molecule has 5 rings (SSSR count). The van der Waals surface area contributed by atoms with Crippen LogP contribution in [0.25, 0.3) is 0 Å². The van der Waals surface area contributed by atoms with Crippen LogP contribution in [0.3, 0.4) is 0 Å². The number of fused-ring (bicyclic) bond motifs is 6. The molecule has 1 saturated heterocycles. The van der Waals surface area contributed by atoms with Crippen LogP contribution in [0.1, 0.15) is 126 Å². The quantitative estimate of drug-likeness (QED) is 0.136. The van der Waals surface area contributed by atoms with E-state index in [9.17, 15) is 69.3 Å². The molecule has 0 unspecified atom stereocenters. The number of quaternary nitrogens is 1. The molecule has 18 heteroatoms. The second-order valence-corrected chi connectivity index (χ2v) is 19.5. The average molecular weight is 875 g/mol. The highest BCUT2D eigenvalue weighted by Crippen LogP contribution is 2.59. The van der Waals surface area contributed by atoms with Gasteiger partial charge in [-0.15, -0.1) is 0 Å². The van der Waals surface area contributed by atoms with Gasteiger partial charge in [-0.2, -0.15) is 0 Å². The number of aliphatic imine (C=N–C) groups is 3. The van der Waals surface area contributed by atoms with Gasteiger partial charge in [0.25, 0.3) is 0 Å². The molecule has 0 aromatic carbocycles. The predicted molar refractivity (Wildman–Crippen MR) is 208 cm³/mol. The zero-order valence-corrected chi connectivity index (χ0v) is 36.9. The normalized spacial score (nSPS) is 36.3. The van der Waals surface area contributed by atoms with Crippen molar-refractivity contribution < 1.29 is 74.6 Å². The van der Waals surface area contributed by atoms with Crippen LogP contribution in [0, 0.1) is 45.3 Å². The van der Waals surface area contributed by atoms with Gasteiger partial charge in [0.05, 0.1) is 5.71 Å². The summed E-state index contributed by atoms with van der Waals surface area (Å²) in [6.45, 7) is 13.4. The van der Waals surface area contributed by atoms with Crippen molar-refractivity contribution in [2.45, 2.75) is 138 Å². The minimum atomic E-state index is -1.55. The van der Waals surface area contributed by atoms with E-state index in [1.807, 2.05) is 13.8 Å². The lowest BCUT2D eigenvalue weighted by Crippen LogP contribution is -2.97. The van der Waals surface area contributed by atoms with Crippen LogP contribution in [0.15, 0.2) is 49.3 Å². The Hall–Kier alpha value is -5.52. The molecule has 8 bridgehead atoms. The molecule has 2 N–H and O–H groups in total. The Kier molecular flexibility index (Phi) is 13.3. The third kappa shape index (κ3) is 8.62. The topological polar surface area (TPSA) is 335 Å². The Labute approximate surface area is 365 Å². The maximum atomic E-state index is 12.9. The molecule has 0 saturated carbocycles. The van der Waals surface area contributed by atoms with Crippen molar-refractivity contribution in [3.05, 3.63) is 34.3 Å². The van der Waals surface area contributed by atoms with E-state index in [2.05, 4.69) is 0 Å². The zero-order chi connectivity index (χ0) is 47.4. The number of aliphatic carboxylic acids is 7. The summed E-state index contributed by atoms with van der Waals surface area (Å²) in [5, 5.41) is 88.5. The average Bonchev–Trinajstić information content (AvgIpc) is 3.75. The minimum Gasteiger partial charge on any atom is -0.550 e. The van der Waals surface area contributed by atoms with Crippen LogP contribution in [0.5, 0.6) is 0 Å². The maximum absolute atomic E-state index is 12.9. The van der Waals surface area contributed by atoms with Gasteiger partial charge in [-0.05, 0) is 103 Å². The third-order valence-corrected chi connectivity index (χ3v) is 15.4. The Balaban J connectivity index is 2.02. The molecule has 0 aromatic rings. The largest absolute Gasteiger partial charge is 0.550 e. The fraction of sp³-hybridized carbons (Fsp3) is 0.644. The van der Waals surface area contributed by atoms with E-state index >= 15 is 0 Å². The van der Waals surface area contributed by atoms with Crippen molar-refractivity contribution in [2.24, 2.45) is 60.3 Å². The molecule has 0 spiro atoms. The van der Waals surface area contributed by atoms with Crippen molar-refractivity contribution in [1.29, 1.82) is 0 Å². The number of allylic oxidation sites excluding steroid dienone is 6. The number of nitrogens with zero attached hydrogens (tertiary/aromatic N) is 3. The number of carboxylic acids is 7. The highest BCUT2D eigenvalue weighted by molar-refractivity contribution is 6.11. The van der Waals surface area contributed by atoms with Gasteiger partial charge >= 0.3 is 0 Å². The number of carbonyl (C=O) groups is 7. The summed E-state index contributed by atoms with van der Waals surface area (Å²) in [6, 6.07) is -1.18. The molecule has 63 heavy (non-hydrogen) atoms. The highest BCUT2D eigenvalue weighted by Gasteiger charge is 2.69. The lowest BCUT2D eigenvalue weighted by atomic mass is 9.56. The van der Waals surface area contributed by atoms with Gasteiger partial charge in [0.1, 0.15) is 17.3 Å². The molecule has 5 aliphatic heterocycles. The monoisotopic (exact) mass is 874 g/mol. The molecule has 9 atom stereocenters. The summed E-state index contributed by atoms with van der Waals surface area (Å²) in [7, 11) is 0. The first kappa shape index (κ1) is 48.5. The van der Waals surface area contributed by atoms with Gasteiger partial charge in [-0.3, -0.25) is 15.0 Å². The van der Waals surface area contributed by atoms with E-state index in [-0.39, 0.29) is 42.8 Å². The van der Waals surface area contributed by atoms with E-state index in [1.165, 1.54) is 0 Å². The van der Waals surface area contributed by atoms with E-state index in [1.54, 1.807) is 52.9 Å². The molecule has 0 aliphatic carbocycles. The summed E-state index contributed by atoms with van der Waals surface area (Å²) >= 11 is 0. The molecule has 18 nitrogen and oxygen atoms in total. The summed E-state index contributed by atoms with van der Waals surface area (Å²) in [5.41, 5.74) is -4.58. The SMILES string of the molecule is C/C1=C2N=C(/C=C3N=C(/C(C)=C4\[NH2+][C@@](C)([C@@H]5N=C1[C@](C)(CCC(=O)[O-])[C@H]5CC(=O)[O-])[C@@](C)(CC(=O)[O-])[C@@H]4CCC(=O)[O-])[C@@](C)(CC(=O)[O-])[C@@H]\3CCC(=O)[O-])C(C)(C)[C@@H]/2CCC(=O)[O-]. The van der Waals surface area contributed by atoms with Crippen molar-refractivity contribution in [3.8, 4) is 0 Å². The van der Waals surface area contributed by atoms with Crippen molar-refractivity contribution in [3.63, 3.8) is 0 Å². The highest BCUT2D eigenvalue weighted by atomic mass is 16.4. The third-order valence-electron chi connectivity index (χ3n) is 15.4. The molecule has 0 amide bonds. The first-order valence-corrected chi connectivity index (χ1v) is 21.2. The van der Waals surface area contributed by atoms with Gasteiger partial charge in [0.2, 0.25) is 0 Å². The summed E-state index contributed by atoms with van der Waals surface area (Å²) in [5.74, 6) is -13.9. The molecular weight excluding hydrogens is 821 g/mol. The van der Waals surface area contributed by atoms with Gasteiger partial charge < -0.3 is 74.6 Å². The van der Waals surface area contributed by atoms with E-state index < -0.39 is 144 Å². The van der Waals surface area contributed by atoms with E-state index in [4.69, 9.17) is 15.0 Å².